The second-order valence-electron chi connectivity index (χ2n) is 6.10. The summed E-state index contributed by atoms with van der Waals surface area (Å²) in [5, 5.41) is 3.14. The number of piperazine rings is 1. The van der Waals surface area contributed by atoms with Crippen molar-refractivity contribution in [1.82, 2.24) is 24.8 Å². The first-order valence-corrected chi connectivity index (χ1v) is 8.66. The summed E-state index contributed by atoms with van der Waals surface area (Å²) in [4.78, 5) is 29.6. The molecule has 0 unspecified atom stereocenters. The van der Waals surface area contributed by atoms with E-state index in [-0.39, 0.29) is 12.5 Å². The van der Waals surface area contributed by atoms with Gasteiger partial charge in [0.15, 0.2) is 0 Å². The van der Waals surface area contributed by atoms with Crippen molar-refractivity contribution in [2.45, 2.75) is 13.8 Å². The molecule has 0 bridgehead atoms. The minimum Gasteiger partial charge on any atom is -0.361 e. The molecule has 3 rings (SSSR count). The lowest BCUT2D eigenvalue weighted by Crippen LogP contribution is -2.49. The van der Waals surface area contributed by atoms with Crippen LogP contribution < -0.4 is 5.32 Å². The third kappa shape index (κ3) is 4.51. The Morgan fingerprint density at radius 3 is 2.72 bits per heavy atom. The van der Waals surface area contributed by atoms with Gasteiger partial charge in [-0.2, -0.15) is 0 Å². The Kier molecular flexibility index (Phi) is 5.55. The lowest BCUT2D eigenvalue weighted by atomic mass is 10.2. The summed E-state index contributed by atoms with van der Waals surface area (Å²) in [5.41, 5.74) is 1.73. The number of aromatic nitrogens is 3. The molecule has 0 aromatic carbocycles. The van der Waals surface area contributed by atoms with Gasteiger partial charge in [0.2, 0.25) is 5.91 Å². The van der Waals surface area contributed by atoms with E-state index in [2.05, 4.69) is 32.1 Å². The second-order valence-corrected chi connectivity index (χ2v) is 6.10. The van der Waals surface area contributed by atoms with E-state index in [0.29, 0.717) is 11.6 Å². The summed E-state index contributed by atoms with van der Waals surface area (Å²) in [5.74, 6) is 1.43. The van der Waals surface area contributed by atoms with Gasteiger partial charge in [-0.15, -0.1) is 0 Å². The number of nitrogens with one attached hydrogen (secondary N) is 1. The van der Waals surface area contributed by atoms with E-state index in [1.807, 2.05) is 30.0 Å². The summed E-state index contributed by atoms with van der Waals surface area (Å²) in [7, 11) is 0. The number of amides is 1. The average molecular weight is 340 g/mol. The molecule has 25 heavy (non-hydrogen) atoms. The molecule has 0 aliphatic carbocycles. The lowest BCUT2D eigenvalue weighted by Gasteiger charge is -2.34. The number of carbonyl (C=O) groups is 1. The van der Waals surface area contributed by atoms with Gasteiger partial charge in [-0.1, -0.05) is 6.92 Å². The Labute approximate surface area is 148 Å². The molecule has 132 valence electrons. The van der Waals surface area contributed by atoms with E-state index in [9.17, 15) is 4.79 Å². The van der Waals surface area contributed by atoms with Gasteiger partial charge in [0, 0.05) is 50.2 Å². The van der Waals surface area contributed by atoms with E-state index in [0.717, 1.165) is 44.0 Å². The fraction of sp³-hybridized carbons (Fsp3) is 0.444. The molecule has 1 fully saturated rings. The fourth-order valence-corrected chi connectivity index (χ4v) is 2.91. The van der Waals surface area contributed by atoms with Gasteiger partial charge < -0.3 is 15.1 Å². The highest BCUT2D eigenvalue weighted by molar-refractivity contribution is 5.81. The predicted molar refractivity (Wildman–Crippen MR) is 97.2 cm³/mol. The standard InChI is InChI=1S/C18H24N6O/c1-3-23-7-9-24(10-8-23)18(25)13-20-17-11-16(21-14(2)22-17)15-5-4-6-19-12-15/h4-6,11-12H,3,7-10,13H2,1-2H3,(H,20,21,22). The van der Waals surface area contributed by atoms with Crippen LogP contribution in [-0.2, 0) is 4.79 Å². The topological polar surface area (TPSA) is 74.2 Å². The molecule has 1 N–H and O–H groups in total. The number of pyridine rings is 1. The van der Waals surface area contributed by atoms with Crippen LogP contribution >= 0.6 is 0 Å². The molecule has 7 nitrogen and oxygen atoms in total. The first-order valence-electron chi connectivity index (χ1n) is 8.66. The monoisotopic (exact) mass is 340 g/mol. The first-order chi connectivity index (χ1) is 12.2. The normalized spacial score (nSPS) is 15.2. The Morgan fingerprint density at radius 1 is 1.24 bits per heavy atom. The molecule has 2 aromatic heterocycles. The maximum Gasteiger partial charge on any atom is 0.242 e. The van der Waals surface area contributed by atoms with Crippen molar-refractivity contribution in [2.75, 3.05) is 44.6 Å². The molecule has 1 amide bonds. The molecule has 2 aromatic rings. The zero-order valence-electron chi connectivity index (χ0n) is 14.8. The highest BCUT2D eigenvalue weighted by atomic mass is 16.2. The van der Waals surface area contributed by atoms with Crippen molar-refractivity contribution in [3.05, 3.63) is 36.4 Å². The Balaban J connectivity index is 1.61. The smallest absolute Gasteiger partial charge is 0.242 e. The van der Waals surface area contributed by atoms with Gasteiger partial charge in [-0.3, -0.25) is 9.78 Å². The number of aryl methyl sites for hydroxylation is 1. The highest BCUT2D eigenvalue weighted by Crippen LogP contribution is 2.18. The summed E-state index contributed by atoms with van der Waals surface area (Å²) in [6.45, 7) is 8.75. The Bertz CT molecular complexity index is 713. The third-order valence-corrected chi connectivity index (χ3v) is 4.39. The van der Waals surface area contributed by atoms with Crippen molar-refractivity contribution < 1.29 is 4.79 Å². The summed E-state index contributed by atoms with van der Waals surface area (Å²) in [6, 6.07) is 5.68. The molecule has 0 radical (unpaired) electrons. The van der Waals surface area contributed by atoms with Crippen molar-refractivity contribution in [3.63, 3.8) is 0 Å². The molecule has 0 spiro atoms. The van der Waals surface area contributed by atoms with Crippen LogP contribution in [0.1, 0.15) is 12.7 Å². The van der Waals surface area contributed by atoms with Crippen LogP contribution in [0, 0.1) is 6.92 Å². The maximum absolute atomic E-state index is 12.4. The number of likely N-dealkylation sites (N-methyl/N-ethyl adjacent to an activating group) is 1. The van der Waals surface area contributed by atoms with E-state index in [1.165, 1.54) is 0 Å². The highest BCUT2D eigenvalue weighted by Gasteiger charge is 2.19. The zero-order valence-corrected chi connectivity index (χ0v) is 14.8. The molecule has 1 aliphatic rings. The molecule has 0 saturated carbocycles. The van der Waals surface area contributed by atoms with Crippen LogP contribution in [0.15, 0.2) is 30.6 Å². The average Bonchev–Trinajstić information content (AvgIpc) is 2.66. The number of nitrogens with zero attached hydrogens (tertiary/aromatic N) is 5. The SMILES string of the molecule is CCN1CCN(C(=O)CNc2cc(-c3cccnc3)nc(C)n2)CC1. The van der Waals surface area contributed by atoms with Crippen LogP contribution in [0.4, 0.5) is 5.82 Å². The minimum absolute atomic E-state index is 0.106. The predicted octanol–water partition coefficient (Wildman–Crippen LogP) is 1.42. The van der Waals surface area contributed by atoms with Gasteiger partial charge in [-0.25, -0.2) is 9.97 Å². The van der Waals surface area contributed by atoms with E-state index >= 15 is 0 Å². The van der Waals surface area contributed by atoms with Crippen LogP contribution in [0.2, 0.25) is 0 Å². The summed E-state index contributed by atoms with van der Waals surface area (Å²) >= 11 is 0. The molecule has 1 aliphatic heterocycles. The van der Waals surface area contributed by atoms with Gasteiger partial charge in [0.25, 0.3) is 0 Å². The van der Waals surface area contributed by atoms with E-state index in [4.69, 9.17) is 0 Å². The maximum atomic E-state index is 12.4. The van der Waals surface area contributed by atoms with Crippen molar-refractivity contribution in [1.29, 1.82) is 0 Å². The van der Waals surface area contributed by atoms with Crippen molar-refractivity contribution in [2.24, 2.45) is 0 Å². The molecule has 3 heterocycles. The number of rotatable bonds is 5. The van der Waals surface area contributed by atoms with Crippen molar-refractivity contribution >= 4 is 11.7 Å². The summed E-state index contributed by atoms with van der Waals surface area (Å²) < 4.78 is 0. The zero-order chi connectivity index (χ0) is 17.6. The van der Waals surface area contributed by atoms with Crippen LogP contribution in [0.25, 0.3) is 11.3 Å². The molecular formula is C18H24N6O. The Morgan fingerprint density at radius 2 is 2.04 bits per heavy atom. The van der Waals surface area contributed by atoms with Crippen LogP contribution in [0.5, 0.6) is 0 Å². The number of hydrogen-bond acceptors (Lipinski definition) is 6. The van der Waals surface area contributed by atoms with Gasteiger partial charge in [0.05, 0.1) is 12.2 Å². The van der Waals surface area contributed by atoms with Gasteiger partial charge in [0.1, 0.15) is 11.6 Å². The molecule has 0 atom stereocenters. The second kappa shape index (κ2) is 8.02. The largest absolute Gasteiger partial charge is 0.361 e. The minimum atomic E-state index is 0.106. The van der Waals surface area contributed by atoms with Gasteiger partial charge >= 0.3 is 0 Å². The van der Waals surface area contributed by atoms with Gasteiger partial charge in [-0.05, 0) is 25.6 Å². The quantitative estimate of drug-likeness (QED) is 0.887. The molecule has 7 heteroatoms. The molecular weight excluding hydrogens is 316 g/mol. The molecule has 1 saturated heterocycles. The third-order valence-electron chi connectivity index (χ3n) is 4.39. The number of carbonyl (C=O) groups excluding carboxylic acids is 1. The van der Waals surface area contributed by atoms with E-state index < -0.39 is 0 Å². The van der Waals surface area contributed by atoms with E-state index in [1.54, 1.807) is 12.4 Å². The fourth-order valence-electron chi connectivity index (χ4n) is 2.91. The lowest BCUT2D eigenvalue weighted by molar-refractivity contribution is -0.131. The Hall–Kier alpha value is -2.54. The number of anilines is 1. The summed E-state index contributed by atoms with van der Waals surface area (Å²) in [6.07, 6.45) is 3.50. The number of hydrogen-bond donors (Lipinski definition) is 1. The van der Waals surface area contributed by atoms with Crippen LogP contribution in [-0.4, -0.2) is 69.9 Å². The first kappa shape index (κ1) is 17.3. The van der Waals surface area contributed by atoms with Crippen molar-refractivity contribution in [3.8, 4) is 11.3 Å². The van der Waals surface area contributed by atoms with Crippen LogP contribution in [0.3, 0.4) is 0 Å².